The van der Waals surface area contributed by atoms with E-state index in [9.17, 15) is 4.79 Å². The smallest absolute Gasteiger partial charge is 0.220 e. The highest BCUT2D eigenvalue weighted by atomic mass is 32.2. The lowest BCUT2D eigenvalue weighted by Gasteiger charge is -2.21. The van der Waals surface area contributed by atoms with Crippen LogP contribution >= 0.6 is 11.8 Å². The van der Waals surface area contributed by atoms with Gasteiger partial charge in [0.2, 0.25) is 5.91 Å². The van der Waals surface area contributed by atoms with Gasteiger partial charge in [-0.25, -0.2) is 0 Å². The number of hydrogen-bond donors (Lipinski definition) is 1. The van der Waals surface area contributed by atoms with Crippen LogP contribution in [0.4, 0.5) is 0 Å². The van der Waals surface area contributed by atoms with Crippen molar-refractivity contribution in [2.24, 2.45) is 0 Å². The first kappa shape index (κ1) is 16.4. The van der Waals surface area contributed by atoms with Crippen LogP contribution in [0.25, 0.3) is 0 Å². The fourth-order valence-electron chi connectivity index (χ4n) is 2.44. The van der Waals surface area contributed by atoms with Gasteiger partial charge in [0.1, 0.15) is 5.76 Å². The third kappa shape index (κ3) is 5.36. The molecular weight excluding hydrogens is 288 g/mol. The second-order valence-electron chi connectivity index (χ2n) is 5.34. The van der Waals surface area contributed by atoms with Crippen LogP contribution in [-0.4, -0.2) is 41.8 Å². The van der Waals surface area contributed by atoms with E-state index in [1.54, 1.807) is 0 Å². The fraction of sp³-hybridized carbons (Fsp3) is 0.733. The minimum absolute atomic E-state index is 0.0996. The highest BCUT2D eigenvalue weighted by molar-refractivity contribution is 7.99. The van der Waals surface area contributed by atoms with Crippen molar-refractivity contribution in [3.63, 3.8) is 0 Å². The number of rotatable bonds is 7. The molecule has 118 valence electrons. The Kier molecular flexibility index (Phi) is 6.57. The van der Waals surface area contributed by atoms with Crippen LogP contribution in [0.15, 0.2) is 4.52 Å². The zero-order valence-electron chi connectivity index (χ0n) is 12.8. The molecule has 0 aromatic carbocycles. The van der Waals surface area contributed by atoms with Gasteiger partial charge in [-0.3, -0.25) is 4.79 Å². The van der Waals surface area contributed by atoms with E-state index in [-0.39, 0.29) is 5.91 Å². The number of ether oxygens (including phenoxy) is 1. The molecule has 1 aromatic heterocycles. The van der Waals surface area contributed by atoms with Gasteiger partial charge in [0.25, 0.3) is 0 Å². The molecule has 0 radical (unpaired) electrons. The standard InChI is InChI=1S/C15H24N2O3S/c1-11-14(12(2)20-17-11)3-4-15(18)16-7-10-21-13-5-8-19-9-6-13/h13H,3-10H2,1-2H3,(H,16,18). The number of thioether (sulfide) groups is 1. The molecule has 0 aliphatic carbocycles. The molecule has 1 aliphatic rings. The van der Waals surface area contributed by atoms with Gasteiger partial charge in [0.05, 0.1) is 5.69 Å². The van der Waals surface area contributed by atoms with Gasteiger partial charge in [-0.15, -0.1) is 0 Å². The van der Waals surface area contributed by atoms with Gasteiger partial charge < -0.3 is 14.6 Å². The highest BCUT2D eigenvalue weighted by Gasteiger charge is 2.14. The monoisotopic (exact) mass is 312 g/mol. The Balaban J connectivity index is 1.57. The molecule has 2 heterocycles. The molecule has 0 spiro atoms. The van der Waals surface area contributed by atoms with Crippen molar-refractivity contribution in [3.8, 4) is 0 Å². The SMILES string of the molecule is Cc1noc(C)c1CCC(=O)NCCSC1CCOCC1. The van der Waals surface area contributed by atoms with Crippen LogP contribution in [0.3, 0.4) is 0 Å². The number of nitrogens with zero attached hydrogens (tertiary/aromatic N) is 1. The van der Waals surface area contributed by atoms with Crippen molar-refractivity contribution in [1.29, 1.82) is 0 Å². The van der Waals surface area contributed by atoms with Gasteiger partial charge in [0.15, 0.2) is 0 Å². The summed E-state index contributed by atoms with van der Waals surface area (Å²) < 4.78 is 10.4. The molecule has 1 N–H and O–H groups in total. The average molecular weight is 312 g/mol. The van der Waals surface area contributed by atoms with Crippen LogP contribution in [0.1, 0.15) is 36.3 Å². The van der Waals surface area contributed by atoms with Crippen molar-refractivity contribution in [2.75, 3.05) is 25.5 Å². The number of carbonyl (C=O) groups is 1. The molecule has 1 amide bonds. The quantitative estimate of drug-likeness (QED) is 0.782. The molecule has 5 nitrogen and oxygen atoms in total. The number of aryl methyl sites for hydroxylation is 2. The maximum Gasteiger partial charge on any atom is 0.220 e. The van der Waals surface area contributed by atoms with Crippen molar-refractivity contribution >= 4 is 17.7 Å². The van der Waals surface area contributed by atoms with Crippen LogP contribution < -0.4 is 5.32 Å². The summed E-state index contributed by atoms with van der Waals surface area (Å²) in [4.78, 5) is 11.8. The molecule has 0 unspecified atom stereocenters. The molecule has 21 heavy (non-hydrogen) atoms. The Morgan fingerprint density at radius 1 is 1.38 bits per heavy atom. The zero-order valence-corrected chi connectivity index (χ0v) is 13.6. The van der Waals surface area contributed by atoms with Crippen LogP contribution in [0.2, 0.25) is 0 Å². The molecule has 1 aromatic rings. The Morgan fingerprint density at radius 2 is 2.14 bits per heavy atom. The van der Waals surface area contributed by atoms with Crippen molar-refractivity contribution < 1.29 is 14.1 Å². The van der Waals surface area contributed by atoms with E-state index in [1.165, 1.54) is 0 Å². The Hall–Kier alpha value is -1.01. The first-order valence-electron chi connectivity index (χ1n) is 7.54. The molecule has 2 rings (SSSR count). The second kappa shape index (κ2) is 8.44. The summed E-state index contributed by atoms with van der Waals surface area (Å²) in [6.45, 7) is 6.29. The maximum atomic E-state index is 11.8. The van der Waals surface area contributed by atoms with Crippen LogP contribution in [-0.2, 0) is 16.0 Å². The van der Waals surface area contributed by atoms with E-state index >= 15 is 0 Å². The summed E-state index contributed by atoms with van der Waals surface area (Å²) in [5, 5.41) is 7.58. The van der Waals surface area contributed by atoms with Crippen molar-refractivity contribution in [2.45, 2.75) is 44.8 Å². The second-order valence-corrected chi connectivity index (χ2v) is 6.74. The summed E-state index contributed by atoms with van der Waals surface area (Å²) in [6.07, 6.45) is 3.44. The van der Waals surface area contributed by atoms with Crippen LogP contribution in [0, 0.1) is 13.8 Å². The molecule has 1 saturated heterocycles. The summed E-state index contributed by atoms with van der Waals surface area (Å²) in [5.41, 5.74) is 1.94. The van der Waals surface area contributed by atoms with E-state index in [2.05, 4.69) is 10.5 Å². The van der Waals surface area contributed by atoms with E-state index in [0.29, 0.717) is 18.1 Å². The van der Waals surface area contributed by atoms with Crippen molar-refractivity contribution in [1.82, 2.24) is 10.5 Å². The van der Waals surface area contributed by atoms with Gasteiger partial charge >= 0.3 is 0 Å². The Labute approximate surface area is 130 Å². The summed E-state index contributed by atoms with van der Waals surface area (Å²) >= 11 is 1.94. The molecule has 6 heteroatoms. The predicted octanol–water partition coefficient (Wildman–Crippen LogP) is 2.25. The predicted molar refractivity (Wildman–Crippen MR) is 83.6 cm³/mol. The fourth-order valence-corrected chi connectivity index (χ4v) is 3.52. The average Bonchev–Trinajstić information content (AvgIpc) is 2.81. The van der Waals surface area contributed by atoms with E-state index in [1.807, 2.05) is 25.6 Å². The number of hydrogen-bond acceptors (Lipinski definition) is 5. The number of nitrogens with one attached hydrogen (secondary N) is 1. The molecule has 0 saturated carbocycles. The summed E-state index contributed by atoms with van der Waals surface area (Å²) in [7, 11) is 0. The van der Waals surface area contributed by atoms with Crippen molar-refractivity contribution in [3.05, 3.63) is 17.0 Å². The van der Waals surface area contributed by atoms with Gasteiger partial charge in [-0.05, 0) is 33.1 Å². The minimum atomic E-state index is 0.0996. The van der Waals surface area contributed by atoms with Gasteiger partial charge in [-0.1, -0.05) is 5.16 Å². The van der Waals surface area contributed by atoms with Gasteiger partial charge in [-0.2, -0.15) is 11.8 Å². The summed E-state index contributed by atoms with van der Waals surface area (Å²) in [6, 6.07) is 0. The van der Waals surface area contributed by atoms with E-state index < -0.39 is 0 Å². The lowest BCUT2D eigenvalue weighted by atomic mass is 10.1. The lowest BCUT2D eigenvalue weighted by molar-refractivity contribution is -0.120. The maximum absolute atomic E-state index is 11.8. The Morgan fingerprint density at radius 3 is 2.81 bits per heavy atom. The zero-order chi connectivity index (χ0) is 15.1. The Bertz CT molecular complexity index is 436. The van der Waals surface area contributed by atoms with Crippen LogP contribution in [0.5, 0.6) is 0 Å². The van der Waals surface area contributed by atoms with E-state index in [0.717, 1.165) is 55.4 Å². The largest absolute Gasteiger partial charge is 0.381 e. The topological polar surface area (TPSA) is 64.4 Å². The first-order valence-corrected chi connectivity index (χ1v) is 8.59. The number of carbonyl (C=O) groups excluding carboxylic acids is 1. The third-order valence-electron chi connectivity index (χ3n) is 3.73. The number of amides is 1. The lowest BCUT2D eigenvalue weighted by Crippen LogP contribution is -2.27. The first-order chi connectivity index (χ1) is 10.2. The summed E-state index contributed by atoms with van der Waals surface area (Å²) in [5.74, 6) is 1.89. The minimum Gasteiger partial charge on any atom is -0.381 e. The molecule has 1 fully saturated rings. The molecule has 1 aliphatic heterocycles. The number of aromatic nitrogens is 1. The highest BCUT2D eigenvalue weighted by Crippen LogP contribution is 2.21. The molecule has 0 atom stereocenters. The molecular formula is C15H24N2O3S. The normalized spacial score (nSPS) is 16.1. The van der Waals surface area contributed by atoms with Gasteiger partial charge in [0, 0.05) is 42.7 Å². The van der Waals surface area contributed by atoms with E-state index in [4.69, 9.17) is 9.26 Å². The molecule has 0 bridgehead atoms. The third-order valence-corrected chi connectivity index (χ3v) is 5.11.